The Morgan fingerprint density at radius 2 is 1.54 bits per heavy atom. The molecule has 10 rings (SSSR count). The Hall–Kier alpha value is -6.40. The minimum absolute atomic E-state index is 0.0720. The number of allylic oxidation sites excluding steroid dienone is 5. The van der Waals surface area contributed by atoms with E-state index in [2.05, 4.69) is 120 Å². The van der Waals surface area contributed by atoms with Gasteiger partial charge < -0.3 is 4.42 Å². The second kappa shape index (κ2) is 11.6. The molecule has 0 saturated heterocycles. The van der Waals surface area contributed by atoms with Crippen LogP contribution in [0.3, 0.4) is 0 Å². The summed E-state index contributed by atoms with van der Waals surface area (Å²) in [4.78, 5) is 20.1. The van der Waals surface area contributed by atoms with E-state index in [-0.39, 0.29) is 5.92 Å². The second-order valence-electron chi connectivity index (χ2n) is 12.9. The van der Waals surface area contributed by atoms with E-state index < -0.39 is 0 Å². The summed E-state index contributed by atoms with van der Waals surface area (Å²) in [5.74, 6) is 2.96. The summed E-state index contributed by atoms with van der Waals surface area (Å²) in [6, 6.07) is 37.7. The first-order chi connectivity index (χ1) is 24.8. The lowest BCUT2D eigenvalue weighted by Gasteiger charge is -2.18. The Balaban J connectivity index is 1.06. The Morgan fingerprint density at radius 3 is 2.44 bits per heavy atom. The number of hydrogen-bond donors (Lipinski definition) is 0. The lowest BCUT2D eigenvalue weighted by molar-refractivity contribution is 0.527. The third-order valence-corrected chi connectivity index (χ3v) is 9.93. The third-order valence-electron chi connectivity index (χ3n) is 9.93. The fourth-order valence-electron chi connectivity index (χ4n) is 7.52. The number of hydrogen-bond acceptors (Lipinski definition) is 5. The maximum absolute atomic E-state index is 6.66. The lowest BCUT2D eigenvalue weighted by atomic mass is 9.92. The number of nitrogens with zero attached hydrogens (tertiary/aromatic N) is 5. The minimum Gasteiger partial charge on any atom is -0.460 e. The van der Waals surface area contributed by atoms with Crippen molar-refractivity contribution < 1.29 is 4.42 Å². The van der Waals surface area contributed by atoms with Gasteiger partial charge in [-0.2, -0.15) is 0 Å². The smallest absolute Gasteiger partial charge is 0.164 e. The monoisotopic (exact) mass is 645 g/mol. The number of rotatable bonds is 5. The summed E-state index contributed by atoms with van der Waals surface area (Å²) in [6.45, 7) is 0. The van der Waals surface area contributed by atoms with E-state index in [9.17, 15) is 0 Å². The molecular weight excluding hydrogens is 615 g/mol. The van der Waals surface area contributed by atoms with Crippen LogP contribution in [0.2, 0.25) is 0 Å². The summed E-state index contributed by atoms with van der Waals surface area (Å²) in [5.41, 5.74) is 9.49. The zero-order chi connectivity index (χ0) is 33.0. The average Bonchev–Trinajstić information content (AvgIpc) is 3.73. The fourth-order valence-corrected chi connectivity index (χ4v) is 7.52. The molecule has 238 valence electrons. The Morgan fingerprint density at radius 1 is 0.720 bits per heavy atom. The standard InChI is InChI=1S/C44H31N5O/c1-3-12-28(13-4-1)32-16-7-8-18-36(32)43-47-41(29-14-5-2-6-15-29)46-42(48-43)30-21-23-34-35-24-22-31(27-40(35)50-39(34)26-30)49-38-20-10-9-17-33(38)37-19-11-25-45-44(37)49/h1-3,5-12,14-25,27,30H,4,13,26H2. The molecule has 4 heterocycles. The van der Waals surface area contributed by atoms with Gasteiger partial charge in [-0.25, -0.2) is 19.9 Å². The molecule has 6 nitrogen and oxygen atoms in total. The molecule has 0 N–H and O–H groups in total. The predicted molar refractivity (Wildman–Crippen MR) is 201 cm³/mol. The van der Waals surface area contributed by atoms with Gasteiger partial charge in [-0.15, -0.1) is 0 Å². The number of benzene rings is 4. The van der Waals surface area contributed by atoms with Gasteiger partial charge in [0.15, 0.2) is 11.6 Å². The zero-order valence-electron chi connectivity index (χ0n) is 27.2. The first-order valence-corrected chi connectivity index (χ1v) is 17.1. The number of furan rings is 1. The van der Waals surface area contributed by atoms with Crippen LogP contribution in [0.25, 0.3) is 73.0 Å². The van der Waals surface area contributed by atoms with E-state index in [4.69, 9.17) is 24.4 Å². The van der Waals surface area contributed by atoms with E-state index in [0.29, 0.717) is 18.1 Å². The van der Waals surface area contributed by atoms with Gasteiger partial charge in [0.1, 0.15) is 22.8 Å². The van der Waals surface area contributed by atoms with Crippen LogP contribution in [0.4, 0.5) is 0 Å². The maximum Gasteiger partial charge on any atom is 0.164 e. The van der Waals surface area contributed by atoms with Crippen molar-refractivity contribution in [1.29, 1.82) is 0 Å². The highest BCUT2D eigenvalue weighted by atomic mass is 16.3. The quantitative estimate of drug-likeness (QED) is 0.186. The maximum atomic E-state index is 6.66. The summed E-state index contributed by atoms with van der Waals surface area (Å²) < 4.78 is 8.88. The number of para-hydroxylation sites is 1. The van der Waals surface area contributed by atoms with Crippen molar-refractivity contribution in [2.24, 2.45) is 0 Å². The molecule has 8 aromatic rings. The summed E-state index contributed by atoms with van der Waals surface area (Å²) >= 11 is 0. The molecule has 0 bridgehead atoms. The third kappa shape index (κ3) is 4.71. The average molecular weight is 646 g/mol. The van der Waals surface area contributed by atoms with Crippen LogP contribution >= 0.6 is 0 Å². The van der Waals surface area contributed by atoms with Crippen LogP contribution in [-0.2, 0) is 6.42 Å². The molecule has 2 aliphatic carbocycles. The highest BCUT2D eigenvalue weighted by Gasteiger charge is 2.26. The lowest BCUT2D eigenvalue weighted by Crippen LogP contribution is -2.11. The molecule has 0 radical (unpaired) electrons. The fraction of sp³-hybridized carbons (Fsp3) is 0.0909. The van der Waals surface area contributed by atoms with Crippen LogP contribution in [0.5, 0.6) is 0 Å². The summed E-state index contributed by atoms with van der Waals surface area (Å²) in [5, 5.41) is 3.41. The van der Waals surface area contributed by atoms with Gasteiger partial charge in [-0.1, -0.05) is 103 Å². The van der Waals surface area contributed by atoms with E-state index in [1.807, 2.05) is 30.5 Å². The topological polar surface area (TPSA) is 69.6 Å². The Labute approximate surface area is 288 Å². The van der Waals surface area contributed by atoms with Gasteiger partial charge in [0.25, 0.3) is 0 Å². The molecule has 1 atom stereocenters. The van der Waals surface area contributed by atoms with E-state index in [0.717, 1.165) is 74.3 Å². The largest absolute Gasteiger partial charge is 0.460 e. The molecule has 0 aliphatic heterocycles. The van der Waals surface area contributed by atoms with Gasteiger partial charge in [0, 0.05) is 57.5 Å². The van der Waals surface area contributed by atoms with Gasteiger partial charge in [0.2, 0.25) is 0 Å². The van der Waals surface area contributed by atoms with Crippen LogP contribution in [-0.4, -0.2) is 24.5 Å². The predicted octanol–water partition coefficient (Wildman–Crippen LogP) is 10.5. The molecule has 4 aromatic carbocycles. The molecule has 6 heteroatoms. The number of aromatic nitrogens is 5. The van der Waals surface area contributed by atoms with Gasteiger partial charge in [0.05, 0.1) is 11.2 Å². The second-order valence-corrected chi connectivity index (χ2v) is 12.9. The first-order valence-electron chi connectivity index (χ1n) is 17.1. The van der Waals surface area contributed by atoms with Crippen molar-refractivity contribution in [3.8, 4) is 28.5 Å². The van der Waals surface area contributed by atoms with E-state index >= 15 is 0 Å². The van der Waals surface area contributed by atoms with E-state index in [1.165, 1.54) is 16.5 Å². The normalized spacial score (nSPS) is 15.5. The molecule has 0 fully saturated rings. The Bertz CT molecular complexity index is 2640. The van der Waals surface area contributed by atoms with Crippen LogP contribution < -0.4 is 0 Å². The molecule has 2 aliphatic rings. The molecule has 50 heavy (non-hydrogen) atoms. The molecule has 1 unspecified atom stereocenters. The van der Waals surface area contributed by atoms with Gasteiger partial charge >= 0.3 is 0 Å². The minimum atomic E-state index is -0.0720. The molecule has 4 aromatic heterocycles. The van der Waals surface area contributed by atoms with Crippen molar-refractivity contribution in [2.45, 2.75) is 25.2 Å². The molecule has 0 amide bonds. The van der Waals surface area contributed by atoms with Crippen LogP contribution in [0, 0.1) is 0 Å². The van der Waals surface area contributed by atoms with E-state index in [1.54, 1.807) is 0 Å². The van der Waals surface area contributed by atoms with Crippen molar-refractivity contribution >= 4 is 44.6 Å². The van der Waals surface area contributed by atoms with Crippen molar-refractivity contribution in [3.63, 3.8) is 0 Å². The first kappa shape index (κ1) is 28.6. The van der Waals surface area contributed by atoms with Crippen molar-refractivity contribution in [2.75, 3.05) is 0 Å². The number of fused-ring (bicyclic) bond motifs is 6. The van der Waals surface area contributed by atoms with Crippen molar-refractivity contribution in [1.82, 2.24) is 24.5 Å². The summed E-state index contributed by atoms with van der Waals surface area (Å²) in [6.07, 6.45) is 15.5. The highest BCUT2D eigenvalue weighted by molar-refractivity contribution is 6.08. The van der Waals surface area contributed by atoms with Gasteiger partial charge in [-0.05, 0) is 54.3 Å². The Kier molecular flexibility index (Phi) is 6.65. The van der Waals surface area contributed by atoms with Crippen LogP contribution in [0.1, 0.15) is 41.5 Å². The molecule has 0 saturated carbocycles. The highest BCUT2D eigenvalue weighted by Crippen LogP contribution is 2.39. The van der Waals surface area contributed by atoms with Crippen molar-refractivity contribution in [3.05, 3.63) is 162 Å². The molecule has 0 spiro atoms. The molecular formula is C44H31N5O. The summed E-state index contributed by atoms with van der Waals surface area (Å²) in [7, 11) is 0. The number of pyridine rings is 1. The SMILES string of the molecule is C1=CCCC(c2ccccc2-c2nc(-c3ccccc3)nc(C3C=Cc4c(oc5cc(-n6c7ccccc7c7cccnc76)ccc45)C3)n2)=C1. The van der Waals surface area contributed by atoms with Gasteiger partial charge in [-0.3, -0.25) is 4.57 Å². The van der Waals surface area contributed by atoms with Crippen LogP contribution in [0.15, 0.2) is 144 Å². The zero-order valence-corrected chi connectivity index (χ0v) is 27.2.